The normalized spacial score (nSPS) is 24.4. The second-order valence-corrected chi connectivity index (χ2v) is 7.20. The molecule has 7 heteroatoms. The Morgan fingerprint density at radius 1 is 1.23 bits per heavy atom. The molecule has 1 unspecified atom stereocenters. The first-order chi connectivity index (χ1) is 9.38. The molecule has 0 aromatic heterocycles. The molecule has 132 valence electrons. The summed E-state index contributed by atoms with van der Waals surface area (Å²) in [7, 11) is 0. The van der Waals surface area contributed by atoms with E-state index in [0.29, 0.717) is 5.92 Å². The number of hydrogen-bond acceptors (Lipinski definition) is 4. The summed E-state index contributed by atoms with van der Waals surface area (Å²) in [4.78, 5) is 16.8. The molecule has 2 aliphatic rings. The summed E-state index contributed by atoms with van der Waals surface area (Å²) in [5.41, 5.74) is 5.92. The van der Waals surface area contributed by atoms with E-state index in [1.54, 1.807) is 0 Å². The predicted molar refractivity (Wildman–Crippen MR) is 93.9 cm³/mol. The molecule has 22 heavy (non-hydrogen) atoms. The fourth-order valence-electron chi connectivity index (χ4n) is 2.90. The number of morpholine rings is 1. The van der Waals surface area contributed by atoms with Gasteiger partial charge in [0.2, 0.25) is 5.91 Å². The van der Waals surface area contributed by atoms with Crippen LogP contribution in [0.1, 0.15) is 27.2 Å². The number of likely N-dealkylation sites (tertiary alicyclic amines) is 1. The fraction of sp³-hybridized carbons (Fsp3) is 0.933. The van der Waals surface area contributed by atoms with Gasteiger partial charge in [-0.2, -0.15) is 0 Å². The average molecular weight is 356 g/mol. The molecule has 2 saturated heterocycles. The van der Waals surface area contributed by atoms with E-state index in [0.717, 1.165) is 52.4 Å². The van der Waals surface area contributed by atoms with Crippen LogP contribution in [0.5, 0.6) is 0 Å². The van der Waals surface area contributed by atoms with Crippen molar-refractivity contribution in [3.63, 3.8) is 0 Å². The van der Waals surface area contributed by atoms with Crippen LogP contribution in [0.3, 0.4) is 0 Å². The van der Waals surface area contributed by atoms with Gasteiger partial charge in [-0.3, -0.25) is 9.69 Å². The Morgan fingerprint density at radius 3 is 2.36 bits per heavy atom. The van der Waals surface area contributed by atoms with Crippen LogP contribution in [0.4, 0.5) is 0 Å². The molecule has 2 fully saturated rings. The van der Waals surface area contributed by atoms with E-state index in [-0.39, 0.29) is 36.1 Å². The third kappa shape index (κ3) is 5.85. The number of hydrogen-bond donors (Lipinski definition) is 1. The Bertz CT molecular complexity index is 344. The van der Waals surface area contributed by atoms with Gasteiger partial charge in [0.15, 0.2) is 0 Å². The third-order valence-electron chi connectivity index (χ3n) is 4.42. The van der Waals surface area contributed by atoms with Crippen LogP contribution in [0.25, 0.3) is 0 Å². The molecule has 0 aromatic rings. The van der Waals surface area contributed by atoms with Crippen molar-refractivity contribution in [3.05, 3.63) is 0 Å². The van der Waals surface area contributed by atoms with Gasteiger partial charge in [-0.25, -0.2) is 0 Å². The Balaban J connectivity index is 0.00000220. The molecule has 2 rings (SSSR count). The van der Waals surface area contributed by atoms with Crippen LogP contribution in [0.2, 0.25) is 0 Å². The molecule has 2 atom stereocenters. The topological polar surface area (TPSA) is 58.8 Å². The first kappa shape index (κ1) is 21.9. The lowest BCUT2D eigenvalue weighted by atomic mass is 9.86. The zero-order valence-electron chi connectivity index (χ0n) is 13.9. The second kappa shape index (κ2) is 9.28. The number of rotatable bonds is 3. The van der Waals surface area contributed by atoms with Crippen LogP contribution in [-0.4, -0.2) is 67.7 Å². The molecular formula is C15H31Cl2N3O2. The van der Waals surface area contributed by atoms with Crippen LogP contribution in [0, 0.1) is 11.3 Å². The highest BCUT2D eigenvalue weighted by atomic mass is 35.5. The highest BCUT2D eigenvalue weighted by Gasteiger charge is 2.35. The van der Waals surface area contributed by atoms with E-state index in [9.17, 15) is 4.79 Å². The summed E-state index contributed by atoms with van der Waals surface area (Å²) in [6.07, 6.45) is 1.10. The highest BCUT2D eigenvalue weighted by molar-refractivity contribution is 5.85. The molecule has 5 nitrogen and oxygen atoms in total. The molecule has 0 saturated carbocycles. The van der Waals surface area contributed by atoms with Gasteiger partial charge in [-0.15, -0.1) is 24.8 Å². The lowest BCUT2D eigenvalue weighted by Gasteiger charge is -2.31. The van der Waals surface area contributed by atoms with Crippen molar-refractivity contribution >= 4 is 30.7 Å². The van der Waals surface area contributed by atoms with E-state index in [1.807, 2.05) is 25.7 Å². The van der Waals surface area contributed by atoms with Crippen molar-refractivity contribution in [2.45, 2.75) is 33.2 Å². The Hall–Kier alpha value is -0.0700. The molecule has 2 heterocycles. The number of nitrogens with zero attached hydrogens (tertiary/aromatic N) is 2. The molecule has 2 N–H and O–H groups in total. The van der Waals surface area contributed by atoms with Crippen molar-refractivity contribution in [1.29, 1.82) is 0 Å². The predicted octanol–water partition coefficient (Wildman–Crippen LogP) is 1.38. The molecule has 0 radical (unpaired) electrons. The minimum atomic E-state index is -0.398. The van der Waals surface area contributed by atoms with Gasteiger partial charge in [0.05, 0.1) is 19.3 Å². The summed E-state index contributed by atoms with van der Waals surface area (Å²) in [6, 6.07) is -0.398. The maximum Gasteiger partial charge on any atom is 0.240 e. The fourth-order valence-corrected chi connectivity index (χ4v) is 2.90. The van der Waals surface area contributed by atoms with Gasteiger partial charge < -0.3 is 15.4 Å². The number of nitrogens with two attached hydrogens (primary N) is 1. The van der Waals surface area contributed by atoms with Crippen LogP contribution >= 0.6 is 24.8 Å². The van der Waals surface area contributed by atoms with E-state index in [4.69, 9.17) is 10.5 Å². The van der Waals surface area contributed by atoms with Crippen molar-refractivity contribution in [2.24, 2.45) is 17.1 Å². The zero-order valence-corrected chi connectivity index (χ0v) is 15.5. The van der Waals surface area contributed by atoms with Gasteiger partial charge in [0.1, 0.15) is 0 Å². The summed E-state index contributed by atoms with van der Waals surface area (Å²) in [6.45, 7) is 12.6. The molecule has 0 bridgehead atoms. The zero-order chi connectivity index (χ0) is 14.8. The minimum absolute atomic E-state index is 0. The van der Waals surface area contributed by atoms with Crippen LogP contribution in [-0.2, 0) is 9.53 Å². The Kier molecular flexibility index (Phi) is 9.25. The maximum atomic E-state index is 12.4. The monoisotopic (exact) mass is 355 g/mol. The summed E-state index contributed by atoms with van der Waals surface area (Å²) < 4.78 is 5.37. The van der Waals surface area contributed by atoms with E-state index < -0.39 is 6.04 Å². The lowest BCUT2D eigenvalue weighted by Crippen LogP contribution is -2.50. The second-order valence-electron chi connectivity index (χ2n) is 7.20. The lowest BCUT2D eigenvalue weighted by molar-refractivity contribution is -0.134. The summed E-state index contributed by atoms with van der Waals surface area (Å²) in [5.74, 6) is 0.700. The first-order valence-corrected chi connectivity index (χ1v) is 7.72. The highest BCUT2D eigenvalue weighted by Crippen LogP contribution is 2.23. The van der Waals surface area contributed by atoms with Crippen molar-refractivity contribution < 1.29 is 9.53 Å². The number of amides is 1. The number of carbonyl (C=O) groups is 1. The molecule has 0 spiro atoms. The molecule has 0 aromatic carbocycles. The van der Waals surface area contributed by atoms with Gasteiger partial charge >= 0.3 is 0 Å². The minimum Gasteiger partial charge on any atom is -0.379 e. The number of ether oxygens (including phenoxy) is 1. The van der Waals surface area contributed by atoms with Gasteiger partial charge in [-0.1, -0.05) is 20.8 Å². The van der Waals surface area contributed by atoms with E-state index in [2.05, 4.69) is 4.90 Å². The molecule has 1 amide bonds. The standard InChI is InChI=1S/C15H29N3O2.2ClH/c1-15(2,3)13(16)14(19)18-5-4-12(11-18)10-17-6-8-20-9-7-17;;/h12-13H,4-11,16H2,1-3H3;2*1H/t12?,13-;;/m1../s1. The van der Waals surface area contributed by atoms with Crippen molar-refractivity contribution in [3.8, 4) is 0 Å². The first-order valence-electron chi connectivity index (χ1n) is 7.72. The Labute approximate surface area is 146 Å². The third-order valence-corrected chi connectivity index (χ3v) is 4.42. The van der Waals surface area contributed by atoms with Crippen LogP contribution in [0.15, 0.2) is 0 Å². The van der Waals surface area contributed by atoms with Gasteiger partial charge in [0, 0.05) is 32.7 Å². The quantitative estimate of drug-likeness (QED) is 0.830. The molecular weight excluding hydrogens is 325 g/mol. The largest absolute Gasteiger partial charge is 0.379 e. The van der Waals surface area contributed by atoms with E-state index in [1.165, 1.54) is 0 Å². The smallest absolute Gasteiger partial charge is 0.240 e. The van der Waals surface area contributed by atoms with Crippen molar-refractivity contribution in [1.82, 2.24) is 9.80 Å². The maximum absolute atomic E-state index is 12.4. The van der Waals surface area contributed by atoms with E-state index >= 15 is 0 Å². The van der Waals surface area contributed by atoms with Gasteiger partial charge in [0.25, 0.3) is 0 Å². The summed E-state index contributed by atoms with van der Waals surface area (Å²) >= 11 is 0. The number of halogens is 2. The SMILES string of the molecule is CC(C)(C)[C@H](N)C(=O)N1CCC(CN2CCOCC2)C1.Cl.Cl. The average Bonchev–Trinajstić information content (AvgIpc) is 2.85. The summed E-state index contributed by atoms with van der Waals surface area (Å²) in [5, 5.41) is 0. The molecule has 2 aliphatic heterocycles. The van der Waals surface area contributed by atoms with Gasteiger partial charge in [-0.05, 0) is 17.8 Å². The Morgan fingerprint density at radius 2 is 1.82 bits per heavy atom. The van der Waals surface area contributed by atoms with Crippen molar-refractivity contribution in [2.75, 3.05) is 45.9 Å². The molecule has 0 aliphatic carbocycles. The van der Waals surface area contributed by atoms with Crippen LogP contribution < -0.4 is 5.73 Å². The number of carbonyl (C=O) groups excluding carboxylic acids is 1.